The van der Waals surface area contributed by atoms with Crippen LogP contribution in [0, 0.1) is 0 Å². The van der Waals surface area contributed by atoms with Gasteiger partial charge in [-0.25, -0.2) is 0 Å². The van der Waals surface area contributed by atoms with Crippen molar-refractivity contribution in [1.29, 1.82) is 0 Å². The zero-order valence-corrected chi connectivity index (χ0v) is 9.81. The standard InChI is InChI=1S/C12H10N2O2S/c13-12(16)9-3-1-5-14(7-9)8-10(15)11-4-2-6-17-11/h1-7H,8H2,(H-,13,16)/p+1. The summed E-state index contributed by atoms with van der Waals surface area (Å²) in [7, 11) is 0. The summed E-state index contributed by atoms with van der Waals surface area (Å²) in [6.07, 6.45) is 3.31. The maximum Gasteiger partial charge on any atom is 0.254 e. The topological polar surface area (TPSA) is 64.0 Å². The average Bonchev–Trinajstić information content (AvgIpc) is 2.82. The Labute approximate surface area is 102 Å². The first-order chi connectivity index (χ1) is 8.16. The van der Waals surface area contributed by atoms with Crippen molar-refractivity contribution in [2.75, 3.05) is 0 Å². The average molecular weight is 247 g/mol. The van der Waals surface area contributed by atoms with Gasteiger partial charge in [-0.1, -0.05) is 6.07 Å². The van der Waals surface area contributed by atoms with Gasteiger partial charge in [0.2, 0.25) is 12.3 Å². The van der Waals surface area contributed by atoms with Crippen LogP contribution in [0.4, 0.5) is 0 Å². The number of amides is 1. The highest BCUT2D eigenvalue weighted by Crippen LogP contribution is 2.09. The Balaban J connectivity index is 2.16. The van der Waals surface area contributed by atoms with Crippen LogP contribution in [0.25, 0.3) is 0 Å². The molecule has 4 nitrogen and oxygen atoms in total. The first-order valence-corrected chi connectivity index (χ1v) is 5.90. The second-order valence-corrected chi connectivity index (χ2v) is 4.48. The van der Waals surface area contributed by atoms with Gasteiger partial charge in [-0.15, -0.1) is 11.3 Å². The zero-order chi connectivity index (χ0) is 12.3. The molecule has 2 heterocycles. The Morgan fingerprint density at radius 1 is 1.29 bits per heavy atom. The van der Waals surface area contributed by atoms with Gasteiger partial charge in [0.05, 0.1) is 4.88 Å². The number of thiophene rings is 1. The lowest BCUT2D eigenvalue weighted by molar-refractivity contribution is -0.683. The van der Waals surface area contributed by atoms with Crippen molar-refractivity contribution in [3.8, 4) is 0 Å². The van der Waals surface area contributed by atoms with E-state index in [-0.39, 0.29) is 12.3 Å². The minimum absolute atomic E-state index is 0.0200. The van der Waals surface area contributed by atoms with Crippen LogP contribution in [0.15, 0.2) is 42.0 Å². The van der Waals surface area contributed by atoms with Gasteiger partial charge in [0.25, 0.3) is 5.91 Å². The van der Waals surface area contributed by atoms with Crippen LogP contribution in [-0.4, -0.2) is 11.7 Å². The van der Waals surface area contributed by atoms with E-state index in [2.05, 4.69) is 0 Å². The van der Waals surface area contributed by atoms with E-state index in [1.807, 2.05) is 11.4 Å². The molecule has 0 radical (unpaired) electrons. The minimum atomic E-state index is -0.497. The fraction of sp³-hybridized carbons (Fsp3) is 0.0833. The molecule has 0 spiro atoms. The number of carbonyl (C=O) groups is 2. The Kier molecular flexibility index (Phi) is 3.30. The number of Topliss-reactive ketones (excluding diaryl/α,β-unsaturated/α-hetero) is 1. The molecule has 0 unspecified atom stereocenters. The van der Waals surface area contributed by atoms with Crippen LogP contribution < -0.4 is 10.3 Å². The van der Waals surface area contributed by atoms with Gasteiger partial charge in [0.15, 0.2) is 12.4 Å². The van der Waals surface area contributed by atoms with Crippen LogP contribution in [0.2, 0.25) is 0 Å². The third-order valence-electron chi connectivity index (χ3n) is 2.26. The van der Waals surface area contributed by atoms with Crippen LogP contribution in [-0.2, 0) is 6.54 Å². The second kappa shape index (κ2) is 4.88. The Morgan fingerprint density at radius 2 is 2.12 bits per heavy atom. The van der Waals surface area contributed by atoms with Crippen molar-refractivity contribution in [3.63, 3.8) is 0 Å². The van der Waals surface area contributed by atoms with Crippen molar-refractivity contribution in [2.24, 2.45) is 5.73 Å². The molecule has 2 aromatic rings. The molecular formula is C12H11N2O2S+. The maximum absolute atomic E-state index is 11.8. The predicted octanol–water partition coefficient (Wildman–Crippen LogP) is 1.02. The van der Waals surface area contributed by atoms with E-state index >= 15 is 0 Å². The fourth-order valence-electron chi connectivity index (χ4n) is 1.45. The maximum atomic E-state index is 11.8. The SMILES string of the molecule is NC(=O)c1ccc[n+](CC(=O)c2cccs2)c1. The molecule has 0 aliphatic rings. The number of rotatable bonds is 4. The zero-order valence-electron chi connectivity index (χ0n) is 9.00. The Morgan fingerprint density at radius 3 is 2.76 bits per heavy atom. The van der Waals surface area contributed by atoms with Crippen molar-refractivity contribution >= 4 is 23.0 Å². The summed E-state index contributed by atoms with van der Waals surface area (Å²) in [5.41, 5.74) is 5.57. The van der Waals surface area contributed by atoms with E-state index in [0.29, 0.717) is 10.4 Å². The van der Waals surface area contributed by atoms with Gasteiger partial charge in [0, 0.05) is 6.07 Å². The van der Waals surface area contributed by atoms with Crippen LogP contribution in [0.3, 0.4) is 0 Å². The van der Waals surface area contributed by atoms with E-state index in [1.165, 1.54) is 11.3 Å². The molecule has 0 aliphatic carbocycles. The monoisotopic (exact) mass is 247 g/mol. The number of hydrogen-bond acceptors (Lipinski definition) is 3. The third-order valence-corrected chi connectivity index (χ3v) is 3.18. The predicted molar refractivity (Wildman–Crippen MR) is 63.8 cm³/mol. The number of ketones is 1. The van der Waals surface area contributed by atoms with E-state index in [0.717, 1.165) is 0 Å². The second-order valence-electron chi connectivity index (χ2n) is 3.53. The van der Waals surface area contributed by atoms with E-state index in [1.54, 1.807) is 35.2 Å². The molecule has 1 amide bonds. The molecule has 0 saturated heterocycles. The van der Waals surface area contributed by atoms with E-state index in [9.17, 15) is 9.59 Å². The number of primary amides is 1. The van der Waals surface area contributed by atoms with Gasteiger partial charge >= 0.3 is 0 Å². The van der Waals surface area contributed by atoms with Crippen LogP contribution in [0.5, 0.6) is 0 Å². The summed E-state index contributed by atoms with van der Waals surface area (Å²) in [5.74, 6) is -0.477. The minimum Gasteiger partial charge on any atom is -0.365 e. The first kappa shape index (κ1) is 11.5. The Bertz CT molecular complexity index is 549. The fourth-order valence-corrected chi connectivity index (χ4v) is 2.10. The molecular weight excluding hydrogens is 236 g/mol. The number of hydrogen-bond donors (Lipinski definition) is 1. The summed E-state index contributed by atoms with van der Waals surface area (Å²) in [4.78, 5) is 23.5. The summed E-state index contributed by atoms with van der Waals surface area (Å²) in [6.45, 7) is 0.210. The molecule has 0 saturated carbocycles. The highest BCUT2D eigenvalue weighted by atomic mass is 32.1. The molecule has 2 rings (SSSR count). The van der Waals surface area contributed by atoms with Crippen molar-refractivity contribution < 1.29 is 14.2 Å². The molecule has 2 aromatic heterocycles. The molecule has 86 valence electrons. The van der Waals surface area contributed by atoms with Gasteiger partial charge < -0.3 is 5.73 Å². The van der Waals surface area contributed by atoms with Crippen molar-refractivity contribution in [1.82, 2.24) is 0 Å². The molecule has 0 atom stereocenters. The summed E-state index contributed by atoms with van der Waals surface area (Å²) >= 11 is 1.41. The largest absolute Gasteiger partial charge is 0.365 e. The lowest BCUT2D eigenvalue weighted by Crippen LogP contribution is -2.38. The molecule has 0 aromatic carbocycles. The first-order valence-electron chi connectivity index (χ1n) is 5.02. The number of carbonyl (C=O) groups excluding carboxylic acids is 2. The molecule has 17 heavy (non-hydrogen) atoms. The molecule has 0 aliphatic heterocycles. The smallest absolute Gasteiger partial charge is 0.254 e. The normalized spacial score (nSPS) is 10.1. The quantitative estimate of drug-likeness (QED) is 0.647. The highest BCUT2D eigenvalue weighted by Gasteiger charge is 2.14. The summed E-state index contributed by atoms with van der Waals surface area (Å²) in [5, 5.41) is 1.86. The van der Waals surface area contributed by atoms with Crippen LogP contribution in [0.1, 0.15) is 20.0 Å². The lowest BCUT2D eigenvalue weighted by Gasteiger charge is -1.96. The van der Waals surface area contributed by atoms with Gasteiger partial charge in [-0.05, 0) is 17.5 Å². The summed E-state index contributed by atoms with van der Waals surface area (Å²) < 4.78 is 1.65. The van der Waals surface area contributed by atoms with Gasteiger partial charge in [-0.2, -0.15) is 4.57 Å². The molecule has 5 heteroatoms. The lowest BCUT2D eigenvalue weighted by atomic mass is 10.2. The van der Waals surface area contributed by atoms with Gasteiger partial charge in [-0.3, -0.25) is 9.59 Å². The number of pyridine rings is 1. The highest BCUT2D eigenvalue weighted by molar-refractivity contribution is 7.12. The van der Waals surface area contributed by atoms with E-state index in [4.69, 9.17) is 5.73 Å². The van der Waals surface area contributed by atoms with E-state index < -0.39 is 5.91 Å². The molecule has 0 fully saturated rings. The number of nitrogens with two attached hydrogens (primary N) is 1. The number of aromatic nitrogens is 1. The van der Waals surface area contributed by atoms with Gasteiger partial charge in [0.1, 0.15) is 5.56 Å². The van der Waals surface area contributed by atoms with Crippen LogP contribution >= 0.6 is 11.3 Å². The number of nitrogens with zero attached hydrogens (tertiary/aromatic N) is 1. The molecule has 0 bridgehead atoms. The molecule has 2 N–H and O–H groups in total. The third kappa shape index (κ3) is 2.76. The van der Waals surface area contributed by atoms with Crippen molar-refractivity contribution in [2.45, 2.75) is 6.54 Å². The van der Waals surface area contributed by atoms with Crippen molar-refractivity contribution in [3.05, 3.63) is 52.5 Å². The Hall–Kier alpha value is -2.01. The summed E-state index contributed by atoms with van der Waals surface area (Å²) in [6, 6.07) is 6.93.